The van der Waals surface area contributed by atoms with Crippen LogP contribution in [0.15, 0.2) is 53.0 Å². The molecule has 1 amide bonds. The molecule has 0 aliphatic carbocycles. The quantitative estimate of drug-likeness (QED) is 0.807. The zero-order chi connectivity index (χ0) is 16.7. The number of hydrogen-bond donors (Lipinski definition) is 1. The molecule has 0 bridgehead atoms. The average Bonchev–Trinajstić information content (AvgIpc) is 2.54. The number of anilines is 1. The molecule has 23 heavy (non-hydrogen) atoms. The minimum atomic E-state index is -0.234. The van der Waals surface area contributed by atoms with Gasteiger partial charge < -0.3 is 14.8 Å². The average molecular weight is 376 g/mol. The molecule has 0 atom stereocenters. The molecule has 2 aromatic rings. The number of ether oxygens (including phenoxy) is 2. The first-order chi connectivity index (χ1) is 11.1. The Labute approximate surface area is 144 Å². The number of allylic oxidation sites excluding steroid dienone is 1. The molecular weight excluding hydrogens is 358 g/mol. The summed E-state index contributed by atoms with van der Waals surface area (Å²) in [5.41, 5.74) is 1.72. The molecule has 120 valence electrons. The van der Waals surface area contributed by atoms with Gasteiger partial charge in [0, 0.05) is 10.2 Å². The number of benzene rings is 2. The zero-order valence-corrected chi connectivity index (χ0v) is 14.6. The molecule has 0 saturated carbocycles. The van der Waals surface area contributed by atoms with Crippen molar-refractivity contribution in [1.82, 2.24) is 0 Å². The third-order valence-electron chi connectivity index (χ3n) is 3.01. The Hall–Kier alpha value is -2.27. The highest BCUT2D eigenvalue weighted by Gasteiger charge is 2.08. The summed E-state index contributed by atoms with van der Waals surface area (Å²) in [5, 5.41) is 2.78. The second kappa shape index (κ2) is 8.39. The van der Waals surface area contributed by atoms with Crippen molar-refractivity contribution in [2.75, 3.05) is 19.0 Å². The molecule has 0 saturated heterocycles. The monoisotopic (exact) mass is 375 g/mol. The normalized spacial score (nSPS) is 10.6. The SMILES string of the molecule is C/C=C/c1ccc(OCC(=O)Nc2cccc(Br)c2)c(OC)c1. The van der Waals surface area contributed by atoms with Crippen molar-refractivity contribution in [3.63, 3.8) is 0 Å². The van der Waals surface area contributed by atoms with Crippen molar-refractivity contribution >= 4 is 33.6 Å². The minimum Gasteiger partial charge on any atom is -0.493 e. The Morgan fingerprint density at radius 3 is 2.74 bits per heavy atom. The fourth-order valence-electron chi connectivity index (χ4n) is 2.01. The van der Waals surface area contributed by atoms with Gasteiger partial charge in [-0.1, -0.05) is 40.2 Å². The van der Waals surface area contributed by atoms with Gasteiger partial charge in [-0.3, -0.25) is 4.79 Å². The van der Waals surface area contributed by atoms with Crippen LogP contribution in [0.25, 0.3) is 6.08 Å². The number of methoxy groups -OCH3 is 1. The minimum absolute atomic E-state index is 0.0914. The van der Waals surface area contributed by atoms with Gasteiger partial charge in [-0.05, 0) is 42.8 Å². The zero-order valence-electron chi connectivity index (χ0n) is 13.0. The van der Waals surface area contributed by atoms with Crippen LogP contribution in [-0.2, 0) is 4.79 Å². The summed E-state index contributed by atoms with van der Waals surface area (Å²) in [5.74, 6) is 0.892. The smallest absolute Gasteiger partial charge is 0.262 e. The van der Waals surface area contributed by atoms with Gasteiger partial charge in [-0.15, -0.1) is 0 Å². The molecule has 0 aromatic heterocycles. The van der Waals surface area contributed by atoms with E-state index in [0.717, 1.165) is 10.0 Å². The predicted octanol–water partition coefficient (Wildman–Crippen LogP) is 4.51. The maximum atomic E-state index is 12.0. The van der Waals surface area contributed by atoms with Crippen LogP contribution in [0.5, 0.6) is 11.5 Å². The van der Waals surface area contributed by atoms with Crippen molar-refractivity contribution in [1.29, 1.82) is 0 Å². The number of amides is 1. The highest BCUT2D eigenvalue weighted by molar-refractivity contribution is 9.10. The lowest BCUT2D eigenvalue weighted by Gasteiger charge is -2.11. The second-order valence-electron chi connectivity index (χ2n) is 4.76. The van der Waals surface area contributed by atoms with Gasteiger partial charge in [0.1, 0.15) is 0 Å². The Kier molecular flexibility index (Phi) is 6.23. The number of hydrogen-bond acceptors (Lipinski definition) is 3. The summed E-state index contributed by atoms with van der Waals surface area (Å²) in [4.78, 5) is 12.0. The Bertz CT molecular complexity index is 713. The summed E-state index contributed by atoms with van der Waals surface area (Å²) in [6.07, 6.45) is 3.91. The highest BCUT2D eigenvalue weighted by atomic mass is 79.9. The van der Waals surface area contributed by atoms with E-state index < -0.39 is 0 Å². The molecule has 0 radical (unpaired) electrons. The lowest BCUT2D eigenvalue weighted by molar-refractivity contribution is -0.118. The molecule has 2 aromatic carbocycles. The molecular formula is C18H18BrNO3. The van der Waals surface area contributed by atoms with E-state index in [1.165, 1.54) is 0 Å². The summed E-state index contributed by atoms with van der Waals surface area (Å²) in [6.45, 7) is 1.86. The Morgan fingerprint density at radius 1 is 1.22 bits per heavy atom. The number of rotatable bonds is 6. The van der Waals surface area contributed by atoms with Crippen LogP contribution in [0.4, 0.5) is 5.69 Å². The molecule has 0 spiro atoms. The molecule has 4 nitrogen and oxygen atoms in total. The molecule has 0 aliphatic rings. The maximum Gasteiger partial charge on any atom is 0.262 e. The Balaban J connectivity index is 1.98. The summed E-state index contributed by atoms with van der Waals surface area (Å²) in [7, 11) is 1.57. The van der Waals surface area contributed by atoms with Crippen LogP contribution in [0.2, 0.25) is 0 Å². The lowest BCUT2D eigenvalue weighted by atomic mass is 10.2. The maximum absolute atomic E-state index is 12.0. The molecule has 5 heteroatoms. The number of halogens is 1. The van der Waals surface area contributed by atoms with E-state index in [4.69, 9.17) is 9.47 Å². The van der Waals surface area contributed by atoms with Crippen LogP contribution < -0.4 is 14.8 Å². The van der Waals surface area contributed by atoms with E-state index in [-0.39, 0.29) is 12.5 Å². The van der Waals surface area contributed by atoms with Gasteiger partial charge in [-0.2, -0.15) is 0 Å². The van der Waals surface area contributed by atoms with Gasteiger partial charge in [0.05, 0.1) is 7.11 Å². The first-order valence-electron chi connectivity index (χ1n) is 7.11. The third kappa shape index (κ3) is 5.14. The molecule has 0 unspecified atom stereocenters. The first-order valence-corrected chi connectivity index (χ1v) is 7.90. The largest absolute Gasteiger partial charge is 0.493 e. The van der Waals surface area contributed by atoms with Gasteiger partial charge >= 0.3 is 0 Å². The van der Waals surface area contributed by atoms with Crippen molar-refractivity contribution < 1.29 is 14.3 Å². The van der Waals surface area contributed by atoms with Crippen LogP contribution in [-0.4, -0.2) is 19.6 Å². The Morgan fingerprint density at radius 2 is 2.04 bits per heavy atom. The van der Waals surface area contributed by atoms with E-state index in [9.17, 15) is 4.79 Å². The second-order valence-corrected chi connectivity index (χ2v) is 5.67. The van der Waals surface area contributed by atoms with Gasteiger partial charge in [0.15, 0.2) is 18.1 Å². The summed E-state index contributed by atoms with van der Waals surface area (Å²) < 4.78 is 11.8. The fourth-order valence-corrected chi connectivity index (χ4v) is 2.41. The highest BCUT2D eigenvalue weighted by Crippen LogP contribution is 2.28. The van der Waals surface area contributed by atoms with Gasteiger partial charge in [0.2, 0.25) is 0 Å². The van der Waals surface area contributed by atoms with E-state index in [1.54, 1.807) is 13.2 Å². The van der Waals surface area contributed by atoms with E-state index >= 15 is 0 Å². The number of nitrogens with one attached hydrogen (secondary N) is 1. The molecule has 1 N–H and O–H groups in total. The van der Waals surface area contributed by atoms with E-state index in [2.05, 4.69) is 21.2 Å². The third-order valence-corrected chi connectivity index (χ3v) is 3.51. The lowest BCUT2D eigenvalue weighted by Crippen LogP contribution is -2.20. The van der Waals surface area contributed by atoms with Crippen molar-refractivity contribution in [2.24, 2.45) is 0 Å². The van der Waals surface area contributed by atoms with Gasteiger partial charge in [-0.25, -0.2) is 0 Å². The fraction of sp³-hybridized carbons (Fsp3) is 0.167. The van der Waals surface area contributed by atoms with Crippen molar-refractivity contribution in [3.05, 3.63) is 58.6 Å². The standard InChI is InChI=1S/C18H18BrNO3/c1-3-5-13-8-9-16(17(10-13)22-2)23-12-18(21)20-15-7-4-6-14(19)11-15/h3-11H,12H2,1-2H3,(H,20,21)/b5-3+. The number of carbonyl (C=O) groups excluding carboxylic acids is 1. The van der Waals surface area contributed by atoms with E-state index in [0.29, 0.717) is 17.2 Å². The first kappa shape index (κ1) is 17.1. The number of carbonyl (C=O) groups is 1. The van der Waals surface area contributed by atoms with Crippen LogP contribution in [0.1, 0.15) is 12.5 Å². The van der Waals surface area contributed by atoms with Crippen LogP contribution in [0, 0.1) is 0 Å². The molecule has 0 heterocycles. The van der Waals surface area contributed by atoms with Crippen molar-refractivity contribution in [3.8, 4) is 11.5 Å². The predicted molar refractivity (Wildman–Crippen MR) is 96.0 cm³/mol. The molecule has 2 rings (SSSR count). The molecule has 0 fully saturated rings. The van der Waals surface area contributed by atoms with Crippen molar-refractivity contribution in [2.45, 2.75) is 6.92 Å². The summed E-state index contributed by atoms with van der Waals surface area (Å²) >= 11 is 3.36. The summed E-state index contributed by atoms with van der Waals surface area (Å²) in [6, 6.07) is 12.9. The van der Waals surface area contributed by atoms with Crippen LogP contribution in [0.3, 0.4) is 0 Å². The van der Waals surface area contributed by atoms with E-state index in [1.807, 2.05) is 55.5 Å². The topological polar surface area (TPSA) is 47.6 Å². The molecule has 0 aliphatic heterocycles. The van der Waals surface area contributed by atoms with Crippen LogP contribution >= 0.6 is 15.9 Å². The van der Waals surface area contributed by atoms with Gasteiger partial charge in [0.25, 0.3) is 5.91 Å².